The molecule has 2 N–H and O–H groups in total. The van der Waals surface area contributed by atoms with Crippen molar-refractivity contribution in [2.24, 2.45) is 7.05 Å². The number of amides is 1. The van der Waals surface area contributed by atoms with Crippen LogP contribution in [-0.2, 0) is 23.5 Å². The Morgan fingerprint density at radius 2 is 1.72 bits per heavy atom. The fourth-order valence-corrected chi connectivity index (χ4v) is 5.41. The zero-order chi connectivity index (χ0) is 22.7. The number of rotatable bonds is 7. The van der Waals surface area contributed by atoms with Gasteiger partial charge in [0.15, 0.2) is 0 Å². The number of hydrogen-bond donors (Lipinski definition) is 2. The molecule has 0 fully saturated rings. The van der Waals surface area contributed by atoms with E-state index in [-0.39, 0.29) is 26.9 Å². The topological polar surface area (TPSA) is 97.3 Å². The van der Waals surface area contributed by atoms with E-state index < -0.39 is 10.0 Å². The van der Waals surface area contributed by atoms with Crippen LogP contribution in [0.4, 0.5) is 5.69 Å². The maximum atomic E-state index is 13.0. The van der Waals surface area contributed by atoms with Crippen molar-refractivity contribution in [2.75, 3.05) is 11.3 Å². The molecule has 164 valence electrons. The number of thiazole rings is 1. The zero-order valence-electron chi connectivity index (χ0n) is 17.2. The minimum Gasteiger partial charge on any atom is -0.352 e. The molecule has 0 spiro atoms. The maximum absolute atomic E-state index is 13.0. The van der Waals surface area contributed by atoms with Crippen LogP contribution in [0.25, 0.3) is 10.2 Å². The summed E-state index contributed by atoms with van der Waals surface area (Å²) >= 11 is 0.982. The summed E-state index contributed by atoms with van der Waals surface area (Å²) in [5.74, 6) is -0.365. The van der Waals surface area contributed by atoms with Gasteiger partial charge in [0.05, 0.1) is 26.4 Å². The van der Waals surface area contributed by atoms with Crippen molar-refractivity contribution in [3.05, 3.63) is 93.6 Å². The zero-order valence-corrected chi connectivity index (χ0v) is 18.9. The number of aromatic nitrogens is 1. The molecule has 0 atom stereocenters. The summed E-state index contributed by atoms with van der Waals surface area (Å²) in [5, 5.41) is 2.84. The van der Waals surface area contributed by atoms with E-state index in [4.69, 9.17) is 0 Å². The van der Waals surface area contributed by atoms with Gasteiger partial charge in [0.1, 0.15) is 0 Å². The van der Waals surface area contributed by atoms with Crippen LogP contribution in [0.3, 0.4) is 0 Å². The minimum absolute atomic E-state index is 0.0196. The van der Waals surface area contributed by atoms with Crippen LogP contribution in [0.2, 0.25) is 0 Å². The van der Waals surface area contributed by atoms with E-state index in [0.29, 0.717) is 23.2 Å². The molecule has 0 radical (unpaired) electrons. The number of carbonyl (C=O) groups excluding carboxylic acids is 1. The largest absolute Gasteiger partial charge is 0.352 e. The number of para-hydroxylation sites is 1. The van der Waals surface area contributed by atoms with Gasteiger partial charge in [0.25, 0.3) is 15.9 Å². The lowest BCUT2D eigenvalue weighted by molar-refractivity contribution is 0.0955. The Kier molecular flexibility index (Phi) is 6.11. The molecule has 0 aliphatic rings. The first-order chi connectivity index (χ1) is 15.3. The van der Waals surface area contributed by atoms with Crippen molar-refractivity contribution in [3.63, 3.8) is 0 Å². The lowest BCUT2D eigenvalue weighted by Crippen LogP contribution is -2.27. The third kappa shape index (κ3) is 4.58. The fourth-order valence-electron chi connectivity index (χ4n) is 3.32. The van der Waals surface area contributed by atoms with E-state index in [1.165, 1.54) is 16.7 Å². The van der Waals surface area contributed by atoms with E-state index in [2.05, 4.69) is 10.0 Å². The number of carbonyl (C=O) groups is 1. The third-order valence-corrected chi connectivity index (χ3v) is 7.39. The monoisotopic (exact) mass is 467 g/mol. The molecule has 0 aliphatic heterocycles. The van der Waals surface area contributed by atoms with Crippen LogP contribution in [0.5, 0.6) is 0 Å². The van der Waals surface area contributed by atoms with Gasteiger partial charge in [0, 0.05) is 13.6 Å². The number of anilines is 1. The quantitative estimate of drug-likeness (QED) is 0.435. The molecule has 7 nitrogen and oxygen atoms in total. The number of hydrogen-bond acceptors (Lipinski definition) is 5. The van der Waals surface area contributed by atoms with E-state index in [1.54, 1.807) is 37.4 Å². The van der Waals surface area contributed by atoms with Crippen LogP contribution in [0.15, 0.2) is 82.5 Å². The Hall–Kier alpha value is -3.43. The minimum atomic E-state index is -3.96. The Bertz CT molecular complexity index is 1440. The van der Waals surface area contributed by atoms with Gasteiger partial charge < -0.3 is 9.88 Å². The predicted molar refractivity (Wildman–Crippen MR) is 127 cm³/mol. The van der Waals surface area contributed by atoms with Gasteiger partial charge >= 0.3 is 4.87 Å². The molecule has 4 aromatic rings. The number of aryl methyl sites for hydroxylation is 1. The van der Waals surface area contributed by atoms with Gasteiger partial charge in [-0.2, -0.15) is 0 Å². The first-order valence-corrected chi connectivity index (χ1v) is 12.2. The highest BCUT2D eigenvalue weighted by molar-refractivity contribution is 7.92. The van der Waals surface area contributed by atoms with Crippen molar-refractivity contribution in [2.45, 2.75) is 11.3 Å². The molecule has 0 saturated heterocycles. The molecule has 1 aromatic heterocycles. The smallest absolute Gasteiger partial charge is 0.307 e. The fraction of sp³-hybridized carbons (Fsp3) is 0.130. The molecule has 32 heavy (non-hydrogen) atoms. The van der Waals surface area contributed by atoms with E-state index >= 15 is 0 Å². The molecule has 1 amide bonds. The summed E-state index contributed by atoms with van der Waals surface area (Å²) in [4.78, 5) is 24.4. The highest BCUT2D eigenvalue weighted by atomic mass is 32.2. The van der Waals surface area contributed by atoms with Crippen molar-refractivity contribution < 1.29 is 13.2 Å². The molecule has 0 saturated carbocycles. The predicted octanol–water partition coefficient (Wildman–Crippen LogP) is 3.37. The van der Waals surface area contributed by atoms with Crippen molar-refractivity contribution in [1.29, 1.82) is 0 Å². The summed E-state index contributed by atoms with van der Waals surface area (Å²) in [6.45, 7) is 0.424. The molecule has 0 unspecified atom stereocenters. The number of nitrogens with zero attached hydrogens (tertiary/aromatic N) is 1. The number of sulfonamides is 1. The Balaban J connectivity index is 1.53. The molecule has 0 aliphatic carbocycles. The molecule has 0 bridgehead atoms. The molecule has 4 rings (SSSR count). The SMILES string of the molecule is Cn1c(=O)sc2cc(S(=O)(=O)Nc3ccccc3C(=O)NCCc3ccccc3)ccc21. The van der Waals surface area contributed by atoms with Crippen LogP contribution < -0.4 is 14.9 Å². The average Bonchev–Trinajstić information content (AvgIpc) is 3.07. The first-order valence-electron chi connectivity index (χ1n) is 9.89. The first kappa shape index (κ1) is 21.8. The van der Waals surface area contributed by atoms with Gasteiger partial charge in [0.2, 0.25) is 0 Å². The van der Waals surface area contributed by atoms with Gasteiger partial charge in [-0.15, -0.1) is 0 Å². The van der Waals surface area contributed by atoms with Crippen molar-refractivity contribution in [1.82, 2.24) is 9.88 Å². The second kappa shape index (κ2) is 8.97. The van der Waals surface area contributed by atoms with Crippen LogP contribution in [0, 0.1) is 0 Å². The van der Waals surface area contributed by atoms with Crippen molar-refractivity contribution in [3.8, 4) is 0 Å². The molecular weight excluding hydrogens is 446 g/mol. The molecular formula is C23H21N3O4S2. The highest BCUT2D eigenvalue weighted by Gasteiger charge is 2.20. The lowest BCUT2D eigenvalue weighted by Gasteiger charge is -2.13. The van der Waals surface area contributed by atoms with E-state index in [1.807, 2.05) is 30.3 Å². The average molecular weight is 468 g/mol. The van der Waals surface area contributed by atoms with Crippen LogP contribution in [0.1, 0.15) is 15.9 Å². The normalized spacial score (nSPS) is 11.4. The number of nitrogens with one attached hydrogen (secondary N) is 2. The van der Waals surface area contributed by atoms with Crippen molar-refractivity contribution >= 4 is 43.2 Å². The van der Waals surface area contributed by atoms with Gasteiger partial charge in [-0.3, -0.25) is 14.3 Å². The maximum Gasteiger partial charge on any atom is 0.307 e. The number of benzene rings is 3. The Morgan fingerprint density at radius 3 is 2.50 bits per heavy atom. The highest BCUT2D eigenvalue weighted by Crippen LogP contribution is 2.24. The van der Waals surface area contributed by atoms with E-state index in [9.17, 15) is 18.0 Å². The molecule has 1 heterocycles. The summed E-state index contributed by atoms with van der Waals surface area (Å²) in [6, 6.07) is 20.7. The van der Waals surface area contributed by atoms with E-state index in [0.717, 1.165) is 16.9 Å². The van der Waals surface area contributed by atoms with Gasteiger partial charge in [-0.25, -0.2) is 8.42 Å². The molecule has 9 heteroatoms. The van der Waals surface area contributed by atoms with Gasteiger partial charge in [-0.1, -0.05) is 53.8 Å². The van der Waals surface area contributed by atoms with Gasteiger partial charge in [-0.05, 0) is 42.3 Å². The lowest BCUT2D eigenvalue weighted by atomic mass is 10.1. The summed E-state index contributed by atoms with van der Waals surface area (Å²) in [7, 11) is -2.32. The number of fused-ring (bicyclic) bond motifs is 1. The molecule has 3 aromatic carbocycles. The standard InChI is InChI=1S/C23H21N3O4S2/c1-26-20-12-11-17(15-21(20)31-23(26)28)32(29,30)25-19-10-6-5-9-18(19)22(27)24-14-13-16-7-3-2-4-8-16/h2-12,15,25H,13-14H2,1H3,(H,24,27). The Labute approximate surface area is 189 Å². The summed E-state index contributed by atoms with van der Waals surface area (Å²) in [6.07, 6.45) is 0.667. The summed E-state index contributed by atoms with van der Waals surface area (Å²) in [5.41, 5.74) is 2.18. The third-order valence-electron chi connectivity index (χ3n) is 5.03. The second-order valence-electron chi connectivity index (χ2n) is 7.20. The Morgan fingerprint density at radius 1 is 1.00 bits per heavy atom. The summed E-state index contributed by atoms with van der Waals surface area (Å²) < 4.78 is 30.5. The second-order valence-corrected chi connectivity index (χ2v) is 9.87. The van der Waals surface area contributed by atoms with Crippen LogP contribution >= 0.6 is 11.3 Å². The van der Waals surface area contributed by atoms with Crippen LogP contribution in [-0.4, -0.2) is 25.4 Å².